The number of rotatable bonds is 5. The molecule has 1 saturated carbocycles. The number of hydrogen-bond acceptors (Lipinski definition) is 4. The summed E-state index contributed by atoms with van der Waals surface area (Å²) in [6, 6.07) is 7.21. The van der Waals surface area contributed by atoms with E-state index in [0.29, 0.717) is 21.8 Å². The summed E-state index contributed by atoms with van der Waals surface area (Å²) in [6.07, 6.45) is 1.16. The molecule has 0 N–H and O–H groups in total. The summed E-state index contributed by atoms with van der Waals surface area (Å²) in [5.74, 6) is 2.88. The zero-order chi connectivity index (χ0) is 14.3. The third-order valence-corrected chi connectivity index (χ3v) is 6.87. The molecule has 20 heavy (non-hydrogen) atoms. The van der Waals surface area contributed by atoms with Crippen LogP contribution < -0.4 is 0 Å². The van der Waals surface area contributed by atoms with Gasteiger partial charge in [-0.3, -0.25) is 0 Å². The van der Waals surface area contributed by atoms with Crippen LogP contribution in [0.2, 0.25) is 0 Å². The Hall–Kier alpha value is -1.11. The fourth-order valence-corrected chi connectivity index (χ4v) is 4.60. The van der Waals surface area contributed by atoms with Gasteiger partial charge in [-0.1, -0.05) is 13.0 Å². The Balaban J connectivity index is 1.73. The van der Waals surface area contributed by atoms with Crippen LogP contribution in [0.1, 0.15) is 30.8 Å². The molecule has 0 bridgehead atoms. The van der Waals surface area contributed by atoms with Gasteiger partial charge in [0.1, 0.15) is 15.7 Å². The van der Waals surface area contributed by atoms with Crippen LogP contribution in [0, 0.1) is 5.92 Å². The van der Waals surface area contributed by atoms with Crippen LogP contribution in [0.5, 0.6) is 0 Å². The molecule has 2 heterocycles. The molecule has 6 heteroatoms. The lowest BCUT2D eigenvalue weighted by Crippen LogP contribution is -2.25. The molecule has 0 spiro atoms. The Morgan fingerprint density at radius 2 is 2.15 bits per heavy atom. The zero-order valence-corrected chi connectivity index (χ0v) is 13.1. The summed E-state index contributed by atoms with van der Waals surface area (Å²) >= 11 is 1.23. The minimum Gasteiger partial charge on any atom is -0.464 e. The van der Waals surface area contributed by atoms with Crippen LogP contribution in [0.25, 0.3) is 0 Å². The molecule has 3 rings (SSSR count). The van der Waals surface area contributed by atoms with E-state index in [1.807, 2.05) is 12.1 Å². The lowest BCUT2D eigenvalue weighted by atomic mass is 10.3. The van der Waals surface area contributed by atoms with Crippen molar-refractivity contribution in [1.29, 1.82) is 0 Å². The average Bonchev–Trinajstić information content (AvgIpc) is 2.90. The fourth-order valence-electron chi connectivity index (χ4n) is 2.27. The van der Waals surface area contributed by atoms with Crippen LogP contribution >= 0.6 is 11.3 Å². The molecule has 0 aromatic carbocycles. The SMILES string of the molecule is CC1CC1c1ccc(CN(C)S(=O)(=O)c2cccs2)o1. The summed E-state index contributed by atoms with van der Waals surface area (Å²) < 4.78 is 32.0. The zero-order valence-electron chi connectivity index (χ0n) is 11.4. The second-order valence-electron chi connectivity index (χ2n) is 5.32. The van der Waals surface area contributed by atoms with Gasteiger partial charge in [-0.25, -0.2) is 8.42 Å². The second kappa shape index (κ2) is 5.02. The van der Waals surface area contributed by atoms with Crippen molar-refractivity contribution in [3.8, 4) is 0 Å². The van der Waals surface area contributed by atoms with Gasteiger partial charge in [-0.2, -0.15) is 4.31 Å². The van der Waals surface area contributed by atoms with Gasteiger partial charge in [0.2, 0.25) is 0 Å². The molecule has 0 aliphatic heterocycles. The minimum atomic E-state index is -3.41. The van der Waals surface area contributed by atoms with Crippen molar-refractivity contribution >= 4 is 21.4 Å². The Bertz CT molecular complexity index is 688. The third-order valence-electron chi connectivity index (χ3n) is 3.70. The predicted octanol–water partition coefficient (Wildman–Crippen LogP) is 3.29. The monoisotopic (exact) mass is 311 g/mol. The summed E-state index contributed by atoms with van der Waals surface area (Å²) in [4.78, 5) is 0. The smallest absolute Gasteiger partial charge is 0.252 e. The first-order valence-corrected chi connectivity index (χ1v) is 8.89. The third kappa shape index (κ3) is 2.55. The lowest BCUT2D eigenvalue weighted by molar-refractivity contribution is 0.390. The van der Waals surface area contributed by atoms with Crippen LogP contribution in [0.4, 0.5) is 0 Å². The number of nitrogens with zero attached hydrogens (tertiary/aromatic N) is 1. The van der Waals surface area contributed by atoms with Crippen molar-refractivity contribution in [3.05, 3.63) is 41.2 Å². The Kier molecular flexibility index (Phi) is 3.48. The molecule has 4 nitrogen and oxygen atoms in total. The van der Waals surface area contributed by atoms with Gasteiger partial charge in [0, 0.05) is 13.0 Å². The second-order valence-corrected chi connectivity index (χ2v) is 8.54. The van der Waals surface area contributed by atoms with Gasteiger partial charge in [0.25, 0.3) is 10.0 Å². The summed E-state index contributed by atoms with van der Waals surface area (Å²) in [7, 11) is -1.83. The van der Waals surface area contributed by atoms with E-state index in [9.17, 15) is 8.42 Å². The first kappa shape index (κ1) is 13.9. The van der Waals surface area contributed by atoms with Gasteiger partial charge in [-0.05, 0) is 35.9 Å². The molecule has 2 aromatic heterocycles. The highest BCUT2D eigenvalue weighted by Crippen LogP contribution is 2.47. The highest BCUT2D eigenvalue weighted by atomic mass is 32.2. The maximum absolute atomic E-state index is 12.3. The molecule has 1 aliphatic carbocycles. The van der Waals surface area contributed by atoms with Crippen molar-refractivity contribution in [1.82, 2.24) is 4.31 Å². The molecule has 0 radical (unpaired) electrons. The fraction of sp³-hybridized carbons (Fsp3) is 0.429. The minimum absolute atomic E-state index is 0.265. The van der Waals surface area contributed by atoms with Crippen molar-refractivity contribution in [2.45, 2.75) is 30.0 Å². The highest BCUT2D eigenvalue weighted by molar-refractivity contribution is 7.91. The normalized spacial score (nSPS) is 22.4. The number of hydrogen-bond donors (Lipinski definition) is 0. The maximum atomic E-state index is 12.3. The molecular formula is C14H17NO3S2. The summed E-state index contributed by atoms with van der Waals surface area (Å²) in [5.41, 5.74) is 0. The average molecular weight is 311 g/mol. The van der Waals surface area contributed by atoms with E-state index in [2.05, 4.69) is 6.92 Å². The molecule has 0 saturated heterocycles. The van der Waals surface area contributed by atoms with Crippen LogP contribution in [0.3, 0.4) is 0 Å². The first-order chi connectivity index (χ1) is 9.48. The number of furan rings is 1. The first-order valence-electron chi connectivity index (χ1n) is 6.57. The molecule has 0 amide bonds. The van der Waals surface area contributed by atoms with Gasteiger partial charge in [0.15, 0.2) is 0 Å². The quantitative estimate of drug-likeness (QED) is 0.851. The number of thiophene rings is 1. The van der Waals surface area contributed by atoms with E-state index >= 15 is 0 Å². The van der Waals surface area contributed by atoms with E-state index in [1.165, 1.54) is 15.6 Å². The molecule has 108 valence electrons. The standard InChI is InChI=1S/C14H17NO3S2/c1-10-8-12(10)13-6-5-11(18-13)9-15(2)20(16,17)14-4-3-7-19-14/h3-7,10,12H,8-9H2,1-2H3. The van der Waals surface area contributed by atoms with Crippen molar-refractivity contribution < 1.29 is 12.8 Å². The molecule has 2 unspecified atom stereocenters. The molecule has 1 aliphatic rings. The number of sulfonamides is 1. The van der Waals surface area contributed by atoms with Crippen LogP contribution in [-0.4, -0.2) is 19.8 Å². The Morgan fingerprint density at radius 1 is 1.40 bits per heavy atom. The van der Waals surface area contributed by atoms with Gasteiger partial charge in [0.05, 0.1) is 6.54 Å². The lowest BCUT2D eigenvalue weighted by Gasteiger charge is -2.14. The van der Waals surface area contributed by atoms with Crippen molar-refractivity contribution in [3.63, 3.8) is 0 Å². The van der Waals surface area contributed by atoms with Gasteiger partial charge in [-0.15, -0.1) is 11.3 Å². The Morgan fingerprint density at radius 3 is 2.75 bits per heavy atom. The Labute approximate surface area is 123 Å². The molecule has 1 fully saturated rings. The van der Waals surface area contributed by atoms with E-state index < -0.39 is 10.0 Å². The van der Waals surface area contributed by atoms with Crippen LogP contribution in [-0.2, 0) is 16.6 Å². The summed E-state index contributed by atoms with van der Waals surface area (Å²) in [5, 5.41) is 1.76. The van der Waals surface area contributed by atoms with Gasteiger partial charge >= 0.3 is 0 Å². The summed E-state index contributed by atoms with van der Waals surface area (Å²) in [6.45, 7) is 2.46. The van der Waals surface area contributed by atoms with Crippen LogP contribution in [0.15, 0.2) is 38.3 Å². The molecular weight excluding hydrogens is 294 g/mol. The van der Waals surface area contributed by atoms with E-state index in [1.54, 1.807) is 24.6 Å². The highest BCUT2D eigenvalue weighted by Gasteiger charge is 2.36. The van der Waals surface area contributed by atoms with Crippen molar-refractivity contribution in [2.75, 3.05) is 7.05 Å². The van der Waals surface area contributed by atoms with Gasteiger partial charge < -0.3 is 4.42 Å². The van der Waals surface area contributed by atoms with E-state index in [0.717, 1.165) is 12.2 Å². The largest absolute Gasteiger partial charge is 0.464 e. The predicted molar refractivity (Wildman–Crippen MR) is 78.2 cm³/mol. The molecule has 2 atom stereocenters. The van der Waals surface area contributed by atoms with Crippen molar-refractivity contribution in [2.24, 2.45) is 5.92 Å². The topological polar surface area (TPSA) is 50.5 Å². The maximum Gasteiger partial charge on any atom is 0.252 e. The molecule has 2 aromatic rings. The van der Waals surface area contributed by atoms with E-state index in [4.69, 9.17) is 4.42 Å². The van der Waals surface area contributed by atoms with E-state index in [-0.39, 0.29) is 6.54 Å².